The number of hydrogen-bond acceptors (Lipinski definition) is 4. The van der Waals surface area contributed by atoms with Crippen molar-refractivity contribution in [1.82, 2.24) is 14.8 Å². The average molecular weight is 403 g/mol. The van der Waals surface area contributed by atoms with Crippen molar-refractivity contribution in [1.29, 1.82) is 0 Å². The van der Waals surface area contributed by atoms with Gasteiger partial charge in [0.1, 0.15) is 5.56 Å². The monoisotopic (exact) mass is 403 g/mol. The lowest BCUT2D eigenvalue weighted by Gasteiger charge is -2.35. The van der Waals surface area contributed by atoms with Crippen molar-refractivity contribution >= 4 is 16.8 Å². The van der Waals surface area contributed by atoms with Gasteiger partial charge < -0.3 is 14.6 Å². The number of hydrogen-bond donors (Lipinski definition) is 1. The summed E-state index contributed by atoms with van der Waals surface area (Å²) < 4.78 is 7.63. The smallest absolute Gasteiger partial charge is 0.263 e. The Morgan fingerprint density at radius 1 is 1.07 bits per heavy atom. The third-order valence-electron chi connectivity index (χ3n) is 6.30. The molecule has 154 valence electrons. The highest BCUT2D eigenvalue weighted by Crippen LogP contribution is 2.30. The summed E-state index contributed by atoms with van der Waals surface area (Å²) in [6.45, 7) is 2.25. The largest absolute Gasteiger partial charge is 0.371 e. The molecule has 5 rings (SSSR count). The minimum atomic E-state index is -0.299. The van der Waals surface area contributed by atoms with E-state index in [2.05, 4.69) is 22.3 Å². The van der Waals surface area contributed by atoms with Gasteiger partial charge in [-0.25, -0.2) is 0 Å². The molecular weight excluding hydrogens is 378 g/mol. The second-order valence-electron chi connectivity index (χ2n) is 8.23. The second-order valence-corrected chi connectivity index (χ2v) is 8.23. The quantitative estimate of drug-likeness (QED) is 0.730. The van der Waals surface area contributed by atoms with Gasteiger partial charge in [0.2, 0.25) is 0 Å². The molecule has 1 aromatic heterocycles. The second kappa shape index (κ2) is 7.70. The van der Waals surface area contributed by atoms with Crippen LogP contribution in [-0.4, -0.2) is 47.2 Å². The molecular formula is C24H25N3O3. The van der Waals surface area contributed by atoms with Gasteiger partial charge in [0, 0.05) is 32.2 Å². The fourth-order valence-electron chi connectivity index (χ4n) is 4.70. The van der Waals surface area contributed by atoms with Gasteiger partial charge in [-0.1, -0.05) is 48.5 Å². The van der Waals surface area contributed by atoms with E-state index >= 15 is 0 Å². The first kappa shape index (κ1) is 19.0. The van der Waals surface area contributed by atoms with Crippen LogP contribution in [0.3, 0.4) is 0 Å². The van der Waals surface area contributed by atoms with Crippen LogP contribution in [0.15, 0.2) is 65.5 Å². The van der Waals surface area contributed by atoms with E-state index in [0.717, 1.165) is 30.4 Å². The molecule has 2 saturated heterocycles. The average Bonchev–Trinajstić information content (AvgIpc) is 3.18. The molecule has 2 fully saturated rings. The fraction of sp³-hybridized carbons (Fsp3) is 0.333. The lowest BCUT2D eigenvalue weighted by molar-refractivity contribution is -0.0502. The zero-order valence-corrected chi connectivity index (χ0v) is 17.0. The van der Waals surface area contributed by atoms with Gasteiger partial charge in [-0.15, -0.1) is 0 Å². The highest BCUT2D eigenvalue weighted by atomic mass is 16.5. The van der Waals surface area contributed by atoms with Gasteiger partial charge in [-0.3, -0.25) is 14.5 Å². The number of rotatable bonds is 3. The lowest BCUT2D eigenvalue weighted by Crippen LogP contribution is -2.43. The Kier molecular flexibility index (Phi) is 4.89. The summed E-state index contributed by atoms with van der Waals surface area (Å²) in [4.78, 5) is 28.0. The molecule has 2 aliphatic heterocycles. The number of para-hydroxylation sites is 1. The van der Waals surface area contributed by atoms with Crippen molar-refractivity contribution < 1.29 is 9.53 Å². The van der Waals surface area contributed by atoms with Crippen LogP contribution in [-0.2, 0) is 11.8 Å². The van der Waals surface area contributed by atoms with E-state index in [1.807, 2.05) is 42.5 Å². The van der Waals surface area contributed by atoms with E-state index in [1.165, 1.54) is 5.56 Å². The minimum absolute atomic E-state index is 0.0109. The van der Waals surface area contributed by atoms with Crippen LogP contribution < -0.4 is 10.9 Å². The molecule has 0 saturated carbocycles. The molecule has 0 spiro atoms. The number of nitrogens with zero attached hydrogens (tertiary/aromatic N) is 2. The minimum Gasteiger partial charge on any atom is -0.371 e. The van der Waals surface area contributed by atoms with E-state index in [4.69, 9.17) is 4.74 Å². The van der Waals surface area contributed by atoms with E-state index in [0.29, 0.717) is 12.6 Å². The molecule has 2 aromatic carbocycles. The van der Waals surface area contributed by atoms with Crippen molar-refractivity contribution in [2.24, 2.45) is 7.05 Å². The SMILES string of the molecule is Cn1c(=O)c(C(=O)N[C@@H]2C[C@H]3CO[C@@H](c4ccccc4)CN3C2)cc2ccccc21. The number of carbonyl (C=O) groups is 1. The molecule has 0 bridgehead atoms. The van der Waals surface area contributed by atoms with Crippen molar-refractivity contribution in [2.45, 2.75) is 24.6 Å². The maximum atomic E-state index is 12.9. The molecule has 1 N–H and O–H groups in total. The number of aryl methyl sites for hydroxylation is 1. The first-order valence-electron chi connectivity index (χ1n) is 10.4. The van der Waals surface area contributed by atoms with Crippen LogP contribution in [0.25, 0.3) is 10.9 Å². The third-order valence-corrected chi connectivity index (χ3v) is 6.30. The van der Waals surface area contributed by atoms with Crippen LogP contribution in [0.5, 0.6) is 0 Å². The van der Waals surface area contributed by atoms with Gasteiger partial charge in [-0.2, -0.15) is 0 Å². The third kappa shape index (κ3) is 3.42. The number of carbonyl (C=O) groups excluding carboxylic acids is 1. The van der Waals surface area contributed by atoms with Gasteiger partial charge in [0.25, 0.3) is 11.5 Å². The van der Waals surface area contributed by atoms with Crippen molar-refractivity contribution in [3.8, 4) is 0 Å². The Hall–Kier alpha value is -2.96. The highest BCUT2D eigenvalue weighted by molar-refractivity contribution is 5.97. The summed E-state index contributed by atoms with van der Waals surface area (Å²) in [5.41, 5.74) is 1.93. The van der Waals surface area contributed by atoms with Crippen LogP contribution in [0.1, 0.15) is 28.4 Å². The predicted molar refractivity (Wildman–Crippen MR) is 116 cm³/mol. The molecule has 6 heteroatoms. The molecule has 0 radical (unpaired) electrons. The molecule has 0 aliphatic carbocycles. The number of benzene rings is 2. The van der Waals surface area contributed by atoms with Gasteiger partial charge in [0.15, 0.2) is 0 Å². The van der Waals surface area contributed by atoms with Crippen molar-refractivity contribution in [3.63, 3.8) is 0 Å². The molecule has 3 atom stereocenters. The Morgan fingerprint density at radius 2 is 1.83 bits per heavy atom. The number of ether oxygens (including phenoxy) is 1. The van der Waals surface area contributed by atoms with E-state index < -0.39 is 0 Å². The summed E-state index contributed by atoms with van der Waals surface area (Å²) in [7, 11) is 1.71. The zero-order valence-electron chi connectivity index (χ0n) is 17.0. The molecule has 2 aliphatic rings. The Morgan fingerprint density at radius 3 is 2.67 bits per heavy atom. The number of morpholine rings is 1. The highest BCUT2D eigenvalue weighted by Gasteiger charge is 2.38. The first-order chi connectivity index (χ1) is 14.6. The first-order valence-corrected chi connectivity index (χ1v) is 10.4. The predicted octanol–water partition coefficient (Wildman–Crippen LogP) is 2.48. The standard InChI is InChI=1S/C24H25N3O3/c1-26-21-10-6-5-9-17(21)11-20(24(26)29)23(28)25-18-12-19-15-30-22(14-27(19)13-18)16-7-3-2-4-8-16/h2-11,18-19,22H,12-15H2,1H3,(H,25,28)/t18-,19+,22-/m1/s1. The Bertz CT molecular complexity index is 1140. The summed E-state index contributed by atoms with van der Waals surface area (Å²) in [6.07, 6.45) is 0.894. The van der Waals surface area contributed by atoms with Crippen LogP contribution in [0.2, 0.25) is 0 Å². The zero-order chi connectivity index (χ0) is 20.7. The Balaban J connectivity index is 1.30. The van der Waals surface area contributed by atoms with Gasteiger partial charge in [0.05, 0.1) is 18.2 Å². The Labute approximate surface area is 175 Å². The summed E-state index contributed by atoms with van der Waals surface area (Å²) >= 11 is 0. The van der Waals surface area contributed by atoms with Gasteiger partial charge in [-0.05, 0) is 29.5 Å². The van der Waals surface area contributed by atoms with Crippen LogP contribution in [0, 0.1) is 0 Å². The topological polar surface area (TPSA) is 63.6 Å². The number of amides is 1. The number of aromatic nitrogens is 1. The molecule has 3 heterocycles. The van der Waals surface area contributed by atoms with E-state index in [-0.39, 0.29) is 29.2 Å². The van der Waals surface area contributed by atoms with Crippen LogP contribution >= 0.6 is 0 Å². The number of fused-ring (bicyclic) bond motifs is 2. The molecule has 0 unspecified atom stereocenters. The maximum absolute atomic E-state index is 12.9. The molecule has 3 aromatic rings. The summed E-state index contributed by atoms with van der Waals surface area (Å²) in [6, 6.07) is 19.9. The van der Waals surface area contributed by atoms with Crippen molar-refractivity contribution in [3.05, 3.63) is 82.1 Å². The normalized spacial score (nSPS) is 24.0. The number of pyridine rings is 1. The number of nitrogens with one attached hydrogen (secondary N) is 1. The summed E-state index contributed by atoms with van der Waals surface area (Å²) in [5, 5.41) is 3.97. The summed E-state index contributed by atoms with van der Waals surface area (Å²) in [5.74, 6) is -0.299. The molecule has 1 amide bonds. The molecule has 30 heavy (non-hydrogen) atoms. The van der Waals surface area contributed by atoms with Crippen LogP contribution in [0.4, 0.5) is 0 Å². The van der Waals surface area contributed by atoms with Gasteiger partial charge >= 0.3 is 0 Å². The maximum Gasteiger partial charge on any atom is 0.263 e. The fourth-order valence-corrected chi connectivity index (χ4v) is 4.70. The molecule has 6 nitrogen and oxygen atoms in total. The van der Waals surface area contributed by atoms with Crippen molar-refractivity contribution in [2.75, 3.05) is 19.7 Å². The lowest BCUT2D eigenvalue weighted by atomic mass is 10.1. The van der Waals surface area contributed by atoms with E-state index in [1.54, 1.807) is 17.7 Å². The van der Waals surface area contributed by atoms with E-state index in [9.17, 15) is 9.59 Å².